The van der Waals surface area contributed by atoms with Gasteiger partial charge in [0.15, 0.2) is 5.82 Å². The molecular formula is C15H19N3OS. The van der Waals surface area contributed by atoms with Gasteiger partial charge in [0.1, 0.15) is 0 Å². The van der Waals surface area contributed by atoms with E-state index in [4.69, 9.17) is 0 Å². The molecule has 0 aliphatic rings. The largest absolute Gasteiger partial charge is 0.305 e. The summed E-state index contributed by atoms with van der Waals surface area (Å²) in [6.07, 6.45) is 4.05. The molecule has 2 rings (SSSR count). The molecule has 0 radical (unpaired) electrons. The standard InChI is InChI=1S/C15H19N3OS/c1-3-4-13-9-14(18-17-13)16-15(19)12-7-5-11(6-8-12)10-20-2/h5-9H,3-4,10H2,1-2H3,(H2,16,17,18,19). The van der Waals surface area contributed by atoms with Crippen molar-refractivity contribution in [2.45, 2.75) is 25.5 Å². The van der Waals surface area contributed by atoms with E-state index < -0.39 is 0 Å². The third-order valence-corrected chi connectivity index (χ3v) is 3.54. The topological polar surface area (TPSA) is 57.8 Å². The summed E-state index contributed by atoms with van der Waals surface area (Å²) < 4.78 is 0. The van der Waals surface area contributed by atoms with Crippen molar-refractivity contribution in [3.63, 3.8) is 0 Å². The van der Waals surface area contributed by atoms with Crippen LogP contribution in [0.4, 0.5) is 5.82 Å². The first-order valence-electron chi connectivity index (χ1n) is 6.66. The number of nitrogens with zero attached hydrogens (tertiary/aromatic N) is 1. The van der Waals surface area contributed by atoms with Crippen LogP contribution in [0, 0.1) is 0 Å². The number of anilines is 1. The summed E-state index contributed by atoms with van der Waals surface area (Å²) in [5.41, 5.74) is 2.91. The Morgan fingerprint density at radius 1 is 1.35 bits per heavy atom. The second-order valence-corrected chi connectivity index (χ2v) is 5.48. The van der Waals surface area contributed by atoms with Crippen LogP contribution in [0.3, 0.4) is 0 Å². The molecule has 4 nitrogen and oxygen atoms in total. The van der Waals surface area contributed by atoms with E-state index in [1.807, 2.05) is 30.3 Å². The van der Waals surface area contributed by atoms with Crippen LogP contribution in [0.25, 0.3) is 0 Å². The molecule has 2 aromatic rings. The highest BCUT2D eigenvalue weighted by molar-refractivity contribution is 7.97. The van der Waals surface area contributed by atoms with E-state index in [2.05, 4.69) is 28.7 Å². The summed E-state index contributed by atoms with van der Waals surface area (Å²) in [5.74, 6) is 1.41. The minimum Gasteiger partial charge on any atom is -0.305 e. The lowest BCUT2D eigenvalue weighted by atomic mass is 10.1. The third-order valence-electron chi connectivity index (χ3n) is 2.92. The first-order chi connectivity index (χ1) is 9.72. The van der Waals surface area contributed by atoms with Crippen LogP contribution in [0.15, 0.2) is 30.3 Å². The number of benzene rings is 1. The number of thioether (sulfide) groups is 1. The summed E-state index contributed by atoms with van der Waals surface area (Å²) in [6, 6.07) is 9.54. The van der Waals surface area contributed by atoms with Crippen LogP contribution in [-0.2, 0) is 12.2 Å². The Bertz CT molecular complexity index is 563. The van der Waals surface area contributed by atoms with Crippen molar-refractivity contribution < 1.29 is 4.79 Å². The highest BCUT2D eigenvalue weighted by Crippen LogP contribution is 2.13. The number of carbonyl (C=O) groups excluding carboxylic acids is 1. The van der Waals surface area contributed by atoms with Crippen molar-refractivity contribution in [2.75, 3.05) is 11.6 Å². The number of aromatic nitrogens is 2. The van der Waals surface area contributed by atoms with Crippen molar-refractivity contribution in [3.8, 4) is 0 Å². The lowest BCUT2D eigenvalue weighted by molar-refractivity contribution is 0.102. The molecule has 106 valence electrons. The van der Waals surface area contributed by atoms with Gasteiger partial charge in [-0.15, -0.1) is 0 Å². The monoisotopic (exact) mass is 289 g/mol. The maximum absolute atomic E-state index is 12.1. The number of amides is 1. The molecule has 0 atom stereocenters. The molecular weight excluding hydrogens is 270 g/mol. The first-order valence-corrected chi connectivity index (χ1v) is 8.06. The molecule has 0 unspecified atom stereocenters. The summed E-state index contributed by atoms with van der Waals surface area (Å²) in [5, 5.41) is 9.81. The summed E-state index contributed by atoms with van der Waals surface area (Å²) >= 11 is 1.76. The summed E-state index contributed by atoms with van der Waals surface area (Å²) in [6.45, 7) is 2.11. The van der Waals surface area contributed by atoms with Crippen molar-refractivity contribution >= 4 is 23.5 Å². The van der Waals surface area contributed by atoms with E-state index in [0.29, 0.717) is 11.4 Å². The van der Waals surface area contributed by atoms with E-state index >= 15 is 0 Å². The molecule has 0 saturated carbocycles. The number of rotatable bonds is 6. The van der Waals surface area contributed by atoms with Gasteiger partial charge in [0.2, 0.25) is 0 Å². The van der Waals surface area contributed by atoms with Crippen LogP contribution in [0.5, 0.6) is 0 Å². The minimum absolute atomic E-state index is 0.129. The van der Waals surface area contributed by atoms with Crippen LogP contribution in [-0.4, -0.2) is 22.4 Å². The van der Waals surface area contributed by atoms with Crippen LogP contribution < -0.4 is 5.32 Å². The average Bonchev–Trinajstić information content (AvgIpc) is 2.88. The maximum atomic E-state index is 12.1. The van der Waals surface area contributed by atoms with Crippen molar-refractivity contribution in [1.29, 1.82) is 0 Å². The van der Waals surface area contributed by atoms with Crippen molar-refractivity contribution in [2.24, 2.45) is 0 Å². The number of carbonyl (C=O) groups is 1. The molecule has 0 spiro atoms. The van der Waals surface area contributed by atoms with E-state index in [0.717, 1.165) is 24.3 Å². The molecule has 2 N–H and O–H groups in total. The smallest absolute Gasteiger partial charge is 0.256 e. The predicted octanol–water partition coefficient (Wildman–Crippen LogP) is 3.48. The Morgan fingerprint density at radius 2 is 2.10 bits per heavy atom. The molecule has 0 bridgehead atoms. The van der Waals surface area contributed by atoms with E-state index in [1.54, 1.807) is 11.8 Å². The van der Waals surface area contributed by atoms with Gasteiger partial charge in [0.05, 0.1) is 0 Å². The molecule has 0 fully saturated rings. The molecule has 5 heteroatoms. The van der Waals surface area contributed by atoms with Gasteiger partial charge in [0.25, 0.3) is 5.91 Å². The molecule has 0 saturated heterocycles. The van der Waals surface area contributed by atoms with Gasteiger partial charge in [-0.25, -0.2) is 0 Å². The van der Waals surface area contributed by atoms with E-state index in [-0.39, 0.29) is 5.91 Å². The van der Waals surface area contributed by atoms with Crippen LogP contribution >= 0.6 is 11.8 Å². The molecule has 1 amide bonds. The molecule has 20 heavy (non-hydrogen) atoms. The Kier molecular flexibility index (Phi) is 5.24. The fourth-order valence-electron chi connectivity index (χ4n) is 1.93. The Morgan fingerprint density at radius 3 is 2.75 bits per heavy atom. The van der Waals surface area contributed by atoms with E-state index in [9.17, 15) is 4.79 Å². The highest BCUT2D eigenvalue weighted by atomic mass is 32.2. The van der Waals surface area contributed by atoms with Gasteiger partial charge in [0, 0.05) is 23.1 Å². The van der Waals surface area contributed by atoms with Gasteiger partial charge in [-0.05, 0) is 30.4 Å². The van der Waals surface area contributed by atoms with Gasteiger partial charge in [-0.1, -0.05) is 25.5 Å². The van der Waals surface area contributed by atoms with Gasteiger partial charge in [-0.3, -0.25) is 9.89 Å². The van der Waals surface area contributed by atoms with Gasteiger partial charge in [-0.2, -0.15) is 16.9 Å². The fraction of sp³-hybridized carbons (Fsp3) is 0.333. The lowest BCUT2D eigenvalue weighted by Crippen LogP contribution is -2.12. The molecule has 0 aliphatic carbocycles. The van der Waals surface area contributed by atoms with Crippen molar-refractivity contribution in [1.82, 2.24) is 10.2 Å². The molecule has 0 aliphatic heterocycles. The lowest BCUT2D eigenvalue weighted by Gasteiger charge is -2.03. The maximum Gasteiger partial charge on any atom is 0.256 e. The molecule has 1 aromatic carbocycles. The number of hydrogen-bond acceptors (Lipinski definition) is 3. The number of nitrogens with one attached hydrogen (secondary N) is 2. The highest BCUT2D eigenvalue weighted by Gasteiger charge is 2.08. The number of H-pyrrole nitrogens is 1. The third kappa shape index (κ3) is 3.87. The number of hydrogen-bond donors (Lipinski definition) is 2. The Labute approximate surface area is 123 Å². The SMILES string of the molecule is CCCc1cc(NC(=O)c2ccc(CSC)cc2)n[nH]1. The summed E-state index contributed by atoms with van der Waals surface area (Å²) in [4.78, 5) is 12.1. The predicted molar refractivity (Wildman–Crippen MR) is 84.2 cm³/mol. The van der Waals surface area contributed by atoms with Gasteiger partial charge >= 0.3 is 0 Å². The zero-order valence-corrected chi connectivity index (χ0v) is 12.6. The Hall–Kier alpha value is -1.75. The average molecular weight is 289 g/mol. The quantitative estimate of drug-likeness (QED) is 0.856. The van der Waals surface area contributed by atoms with E-state index in [1.165, 1.54) is 5.56 Å². The van der Waals surface area contributed by atoms with Crippen molar-refractivity contribution in [3.05, 3.63) is 47.2 Å². The first kappa shape index (κ1) is 14.7. The summed E-state index contributed by atoms with van der Waals surface area (Å²) in [7, 11) is 0. The van der Waals surface area contributed by atoms with Crippen LogP contribution in [0.1, 0.15) is 35.0 Å². The van der Waals surface area contributed by atoms with Crippen LogP contribution in [0.2, 0.25) is 0 Å². The second-order valence-electron chi connectivity index (χ2n) is 4.61. The molecule has 1 heterocycles. The number of aromatic amines is 1. The zero-order chi connectivity index (χ0) is 14.4. The molecule has 1 aromatic heterocycles. The minimum atomic E-state index is -0.129. The number of aryl methyl sites for hydroxylation is 1. The zero-order valence-electron chi connectivity index (χ0n) is 11.8. The normalized spacial score (nSPS) is 10.5. The Balaban J connectivity index is 1.99. The fourth-order valence-corrected chi connectivity index (χ4v) is 2.46. The van der Waals surface area contributed by atoms with Gasteiger partial charge < -0.3 is 5.32 Å². The second kappa shape index (κ2) is 7.14.